The summed E-state index contributed by atoms with van der Waals surface area (Å²) >= 11 is 0. The summed E-state index contributed by atoms with van der Waals surface area (Å²) in [5, 5.41) is 0. The third-order valence-corrected chi connectivity index (χ3v) is 2.27. The van der Waals surface area contributed by atoms with E-state index in [0.29, 0.717) is 0 Å². The van der Waals surface area contributed by atoms with E-state index in [9.17, 15) is 0 Å². The van der Waals surface area contributed by atoms with Crippen molar-refractivity contribution in [3.63, 3.8) is 0 Å². The van der Waals surface area contributed by atoms with E-state index >= 15 is 0 Å². The van der Waals surface area contributed by atoms with Crippen molar-refractivity contribution in [1.82, 2.24) is 0 Å². The molecule has 0 aliphatic rings. The summed E-state index contributed by atoms with van der Waals surface area (Å²) < 4.78 is 5.65. The Hall–Kier alpha value is -2.42. The van der Waals surface area contributed by atoms with Crippen LogP contribution in [0.2, 0.25) is 0 Å². The molecule has 2 aromatic rings. The van der Waals surface area contributed by atoms with Crippen LogP contribution >= 0.6 is 0 Å². The zero-order valence-electron chi connectivity index (χ0n) is 9.34. The molecular weight excluding hydrogens is 212 g/mol. The van der Waals surface area contributed by atoms with Crippen molar-refractivity contribution < 1.29 is 4.74 Å². The van der Waals surface area contributed by atoms with E-state index in [-0.39, 0.29) is 0 Å². The van der Waals surface area contributed by atoms with Crippen molar-refractivity contribution >= 4 is 24.8 Å². The minimum atomic E-state index is 0.761. The molecule has 0 heterocycles. The van der Waals surface area contributed by atoms with Crippen molar-refractivity contribution in [1.29, 1.82) is 0 Å². The molecule has 0 unspecified atom stereocenters. The van der Waals surface area contributed by atoms with Gasteiger partial charge in [-0.1, -0.05) is 0 Å². The molecular formula is C14H12N2O. The van der Waals surface area contributed by atoms with Crippen LogP contribution in [0.25, 0.3) is 0 Å². The first-order chi connectivity index (χ1) is 8.31. The van der Waals surface area contributed by atoms with Gasteiger partial charge in [-0.05, 0) is 62.0 Å². The van der Waals surface area contributed by atoms with Crippen LogP contribution in [-0.2, 0) is 0 Å². The van der Waals surface area contributed by atoms with Crippen LogP contribution in [0.3, 0.4) is 0 Å². The second-order valence-electron chi connectivity index (χ2n) is 3.41. The zero-order chi connectivity index (χ0) is 12.1. The quantitative estimate of drug-likeness (QED) is 0.718. The Balaban J connectivity index is 2.13. The molecule has 3 heteroatoms. The largest absolute Gasteiger partial charge is 0.457 e. The normalized spacial score (nSPS) is 9.65. The standard InChI is InChI=1S/C14H12N2O/c1-15-11-3-7-13(8-4-11)17-14-9-5-12(16-2)6-10-14/h3-10H,1-2H2. The van der Waals surface area contributed by atoms with Crippen LogP contribution < -0.4 is 4.74 Å². The number of nitrogens with zero attached hydrogens (tertiary/aromatic N) is 2. The molecule has 0 atom stereocenters. The summed E-state index contributed by atoms with van der Waals surface area (Å²) in [6, 6.07) is 14.8. The Kier molecular flexibility index (Phi) is 3.31. The van der Waals surface area contributed by atoms with Crippen LogP contribution in [0.1, 0.15) is 0 Å². The fourth-order valence-corrected chi connectivity index (χ4v) is 1.38. The number of benzene rings is 2. The van der Waals surface area contributed by atoms with Gasteiger partial charge in [0.1, 0.15) is 11.5 Å². The van der Waals surface area contributed by atoms with Gasteiger partial charge in [0, 0.05) is 0 Å². The van der Waals surface area contributed by atoms with Gasteiger partial charge in [-0.25, -0.2) is 0 Å². The van der Waals surface area contributed by atoms with Crippen molar-refractivity contribution in [2.75, 3.05) is 0 Å². The lowest BCUT2D eigenvalue weighted by atomic mass is 10.3. The molecule has 0 bridgehead atoms. The molecule has 0 radical (unpaired) electrons. The highest BCUT2D eigenvalue weighted by Crippen LogP contribution is 2.25. The van der Waals surface area contributed by atoms with Crippen molar-refractivity contribution in [2.45, 2.75) is 0 Å². The van der Waals surface area contributed by atoms with E-state index in [1.807, 2.05) is 48.5 Å². The maximum atomic E-state index is 5.65. The Morgan fingerprint density at radius 3 is 1.29 bits per heavy atom. The van der Waals surface area contributed by atoms with Gasteiger partial charge >= 0.3 is 0 Å². The molecule has 0 aliphatic carbocycles. The van der Waals surface area contributed by atoms with Crippen LogP contribution in [0.4, 0.5) is 11.4 Å². The summed E-state index contributed by atoms with van der Waals surface area (Å²) in [5.74, 6) is 1.52. The van der Waals surface area contributed by atoms with E-state index in [0.717, 1.165) is 22.9 Å². The molecule has 17 heavy (non-hydrogen) atoms. The summed E-state index contributed by atoms with van der Waals surface area (Å²) in [6.45, 7) is 6.91. The molecule has 3 nitrogen and oxygen atoms in total. The molecule has 2 aromatic carbocycles. The van der Waals surface area contributed by atoms with Gasteiger partial charge in [0.2, 0.25) is 0 Å². The summed E-state index contributed by atoms with van der Waals surface area (Å²) in [5.41, 5.74) is 1.65. The van der Waals surface area contributed by atoms with E-state index in [1.54, 1.807) is 0 Å². The number of hydrogen-bond acceptors (Lipinski definition) is 3. The summed E-state index contributed by atoms with van der Waals surface area (Å²) in [4.78, 5) is 7.63. The molecule has 84 valence electrons. The molecule has 0 spiro atoms. The van der Waals surface area contributed by atoms with E-state index in [2.05, 4.69) is 23.4 Å². The zero-order valence-corrected chi connectivity index (χ0v) is 9.34. The van der Waals surface area contributed by atoms with Crippen LogP contribution in [-0.4, -0.2) is 13.4 Å². The highest BCUT2D eigenvalue weighted by Gasteiger charge is 1.97. The van der Waals surface area contributed by atoms with E-state index in [1.165, 1.54) is 0 Å². The average molecular weight is 224 g/mol. The SMILES string of the molecule is C=Nc1ccc(Oc2ccc(N=C)cc2)cc1. The molecule has 0 saturated carbocycles. The number of rotatable bonds is 4. The van der Waals surface area contributed by atoms with Gasteiger partial charge in [0.25, 0.3) is 0 Å². The predicted octanol–water partition coefficient (Wildman–Crippen LogP) is 4.14. The van der Waals surface area contributed by atoms with E-state index in [4.69, 9.17) is 4.74 Å². The minimum absolute atomic E-state index is 0.761. The number of aliphatic imine (C=N–C) groups is 2. The van der Waals surface area contributed by atoms with Crippen LogP contribution in [0.5, 0.6) is 11.5 Å². The first kappa shape index (κ1) is 11.1. The van der Waals surface area contributed by atoms with Crippen LogP contribution in [0, 0.1) is 0 Å². The molecule has 2 rings (SSSR count). The van der Waals surface area contributed by atoms with Crippen molar-refractivity contribution in [3.8, 4) is 11.5 Å². The number of hydrogen-bond donors (Lipinski definition) is 0. The highest BCUT2D eigenvalue weighted by molar-refractivity contribution is 5.49. The molecule has 0 aromatic heterocycles. The van der Waals surface area contributed by atoms with Crippen molar-refractivity contribution in [2.24, 2.45) is 9.98 Å². The van der Waals surface area contributed by atoms with Gasteiger partial charge in [-0.3, -0.25) is 9.98 Å². The second kappa shape index (κ2) is 5.07. The van der Waals surface area contributed by atoms with Crippen molar-refractivity contribution in [3.05, 3.63) is 48.5 Å². The maximum Gasteiger partial charge on any atom is 0.127 e. The molecule has 0 N–H and O–H groups in total. The third-order valence-electron chi connectivity index (χ3n) is 2.27. The second-order valence-corrected chi connectivity index (χ2v) is 3.41. The summed E-state index contributed by atoms with van der Waals surface area (Å²) in [6.07, 6.45) is 0. The lowest BCUT2D eigenvalue weighted by Crippen LogP contribution is -1.82. The molecule has 0 saturated heterocycles. The highest BCUT2D eigenvalue weighted by atomic mass is 16.5. The Morgan fingerprint density at radius 2 is 1.00 bits per heavy atom. The third kappa shape index (κ3) is 2.78. The van der Waals surface area contributed by atoms with Crippen LogP contribution in [0.15, 0.2) is 58.5 Å². The Labute approximate surface area is 100 Å². The molecule has 0 amide bonds. The molecule has 0 aliphatic heterocycles. The first-order valence-corrected chi connectivity index (χ1v) is 5.13. The first-order valence-electron chi connectivity index (χ1n) is 5.13. The Morgan fingerprint density at radius 1 is 0.647 bits per heavy atom. The maximum absolute atomic E-state index is 5.65. The predicted molar refractivity (Wildman–Crippen MR) is 71.4 cm³/mol. The number of ether oxygens (including phenoxy) is 1. The van der Waals surface area contributed by atoms with Gasteiger partial charge in [0.05, 0.1) is 11.4 Å². The topological polar surface area (TPSA) is 34.0 Å². The average Bonchev–Trinajstić information content (AvgIpc) is 2.40. The lowest BCUT2D eigenvalue weighted by Gasteiger charge is -2.05. The minimum Gasteiger partial charge on any atom is -0.457 e. The fraction of sp³-hybridized carbons (Fsp3) is 0. The fourth-order valence-electron chi connectivity index (χ4n) is 1.38. The smallest absolute Gasteiger partial charge is 0.127 e. The van der Waals surface area contributed by atoms with E-state index < -0.39 is 0 Å². The van der Waals surface area contributed by atoms with Gasteiger partial charge in [-0.15, -0.1) is 0 Å². The summed E-state index contributed by atoms with van der Waals surface area (Å²) in [7, 11) is 0. The van der Waals surface area contributed by atoms with Gasteiger partial charge in [-0.2, -0.15) is 0 Å². The monoisotopic (exact) mass is 224 g/mol. The van der Waals surface area contributed by atoms with Gasteiger partial charge < -0.3 is 4.74 Å². The van der Waals surface area contributed by atoms with Gasteiger partial charge in [0.15, 0.2) is 0 Å². The Bertz CT molecular complexity index is 465. The molecule has 0 fully saturated rings. The lowest BCUT2D eigenvalue weighted by molar-refractivity contribution is 0.483.